The molecule has 0 amide bonds. The van der Waals surface area contributed by atoms with Crippen molar-refractivity contribution in [3.63, 3.8) is 0 Å². The smallest absolute Gasteiger partial charge is 0.150 e. The summed E-state index contributed by atoms with van der Waals surface area (Å²) in [6.07, 6.45) is 1.44. The third kappa shape index (κ3) is 1.76. The maximum atomic E-state index is 6.31. The van der Waals surface area contributed by atoms with E-state index in [1.165, 1.54) is 6.33 Å². The number of anilines is 1. The van der Waals surface area contributed by atoms with Crippen LogP contribution in [0.5, 0.6) is 0 Å². The first kappa shape index (κ1) is 13.2. The van der Waals surface area contributed by atoms with Crippen molar-refractivity contribution in [2.75, 3.05) is 5.73 Å². The van der Waals surface area contributed by atoms with Crippen molar-refractivity contribution in [3.05, 3.63) is 45.8 Å². The van der Waals surface area contributed by atoms with Gasteiger partial charge in [-0.05, 0) is 31.5 Å². The van der Waals surface area contributed by atoms with Crippen molar-refractivity contribution in [1.82, 2.24) is 14.5 Å². The summed E-state index contributed by atoms with van der Waals surface area (Å²) >= 11 is 12.6. The van der Waals surface area contributed by atoms with Crippen molar-refractivity contribution in [2.45, 2.75) is 13.8 Å². The van der Waals surface area contributed by atoms with Gasteiger partial charge in [-0.1, -0.05) is 29.3 Å². The third-order valence-electron chi connectivity index (χ3n) is 3.48. The quantitative estimate of drug-likeness (QED) is 0.741. The molecule has 0 spiro atoms. The normalized spacial score (nSPS) is 11.2. The molecule has 3 rings (SSSR count). The topological polar surface area (TPSA) is 56.7 Å². The summed E-state index contributed by atoms with van der Waals surface area (Å²) in [5, 5.41) is 1.96. The molecule has 1 aromatic carbocycles. The van der Waals surface area contributed by atoms with E-state index in [1.807, 2.05) is 24.5 Å². The van der Waals surface area contributed by atoms with Crippen LogP contribution in [0.4, 0.5) is 5.82 Å². The van der Waals surface area contributed by atoms with E-state index in [-0.39, 0.29) is 0 Å². The Morgan fingerprint density at radius 2 is 1.75 bits per heavy atom. The Bertz CT molecular complexity index is 803. The maximum absolute atomic E-state index is 6.31. The Kier molecular flexibility index (Phi) is 3.07. The lowest BCUT2D eigenvalue weighted by molar-refractivity contribution is 1.01. The number of nitrogen functional groups attached to an aromatic ring is 1. The van der Waals surface area contributed by atoms with E-state index < -0.39 is 0 Å². The molecule has 2 heterocycles. The van der Waals surface area contributed by atoms with Gasteiger partial charge in [0.05, 0.1) is 21.1 Å². The summed E-state index contributed by atoms with van der Waals surface area (Å²) in [4.78, 5) is 8.39. The van der Waals surface area contributed by atoms with E-state index in [4.69, 9.17) is 28.9 Å². The number of para-hydroxylation sites is 1. The first-order valence-corrected chi connectivity index (χ1v) is 6.80. The molecule has 0 atom stereocenters. The van der Waals surface area contributed by atoms with Gasteiger partial charge < -0.3 is 5.73 Å². The summed E-state index contributed by atoms with van der Waals surface area (Å²) < 4.78 is 1.92. The van der Waals surface area contributed by atoms with Crippen LogP contribution in [0.25, 0.3) is 16.7 Å². The molecule has 0 aliphatic carbocycles. The van der Waals surface area contributed by atoms with E-state index in [1.54, 1.807) is 12.1 Å². The minimum absolute atomic E-state index is 0.456. The Morgan fingerprint density at radius 1 is 1.10 bits per heavy atom. The number of hydrogen-bond donors (Lipinski definition) is 1. The van der Waals surface area contributed by atoms with Gasteiger partial charge in [-0.25, -0.2) is 9.97 Å². The van der Waals surface area contributed by atoms with E-state index >= 15 is 0 Å². The van der Waals surface area contributed by atoms with Crippen LogP contribution in [0.1, 0.15) is 11.3 Å². The fourth-order valence-corrected chi connectivity index (χ4v) is 2.97. The summed E-state index contributed by atoms with van der Waals surface area (Å²) in [6, 6.07) is 5.41. The van der Waals surface area contributed by atoms with Crippen LogP contribution >= 0.6 is 23.2 Å². The second-order valence-electron chi connectivity index (χ2n) is 4.57. The second kappa shape index (κ2) is 4.65. The van der Waals surface area contributed by atoms with Crippen molar-refractivity contribution >= 4 is 40.1 Å². The van der Waals surface area contributed by atoms with Gasteiger partial charge in [-0.3, -0.25) is 4.57 Å². The molecule has 0 fully saturated rings. The zero-order valence-electron chi connectivity index (χ0n) is 11.0. The first-order chi connectivity index (χ1) is 9.52. The minimum Gasteiger partial charge on any atom is -0.383 e. The molecule has 0 radical (unpaired) electrons. The Hall–Kier alpha value is -1.78. The van der Waals surface area contributed by atoms with Gasteiger partial charge in [0.25, 0.3) is 0 Å². The molecule has 2 aromatic heterocycles. The van der Waals surface area contributed by atoms with Gasteiger partial charge >= 0.3 is 0 Å². The van der Waals surface area contributed by atoms with Crippen LogP contribution in [0, 0.1) is 13.8 Å². The molecule has 4 nitrogen and oxygen atoms in total. The average molecular weight is 307 g/mol. The van der Waals surface area contributed by atoms with Gasteiger partial charge in [0.1, 0.15) is 12.1 Å². The molecule has 20 heavy (non-hydrogen) atoms. The molecule has 0 unspecified atom stereocenters. The van der Waals surface area contributed by atoms with Crippen LogP contribution in [-0.2, 0) is 0 Å². The van der Waals surface area contributed by atoms with Crippen LogP contribution < -0.4 is 5.73 Å². The summed E-state index contributed by atoms with van der Waals surface area (Å²) in [5.74, 6) is 0.456. The third-order valence-corrected chi connectivity index (χ3v) is 4.09. The van der Waals surface area contributed by atoms with Crippen LogP contribution in [-0.4, -0.2) is 14.5 Å². The fraction of sp³-hybridized carbons (Fsp3) is 0.143. The Labute approximate surface area is 126 Å². The van der Waals surface area contributed by atoms with Crippen LogP contribution in [0.3, 0.4) is 0 Å². The molecule has 0 aliphatic heterocycles. The molecule has 3 aromatic rings. The first-order valence-electron chi connectivity index (χ1n) is 6.05. The highest BCUT2D eigenvalue weighted by Gasteiger charge is 2.19. The lowest BCUT2D eigenvalue weighted by Crippen LogP contribution is -2.01. The van der Waals surface area contributed by atoms with Gasteiger partial charge in [0, 0.05) is 5.69 Å². The van der Waals surface area contributed by atoms with Gasteiger partial charge in [-0.2, -0.15) is 0 Å². The summed E-state index contributed by atoms with van der Waals surface area (Å²) in [7, 11) is 0. The molecule has 102 valence electrons. The predicted molar refractivity (Wildman–Crippen MR) is 82.8 cm³/mol. The number of benzene rings is 1. The second-order valence-corrected chi connectivity index (χ2v) is 5.39. The zero-order chi connectivity index (χ0) is 14.4. The molecule has 0 saturated heterocycles. The number of nitrogens with two attached hydrogens (primary N) is 1. The Morgan fingerprint density at radius 3 is 2.40 bits per heavy atom. The van der Waals surface area contributed by atoms with Crippen LogP contribution in [0.2, 0.25) is 10.0 Å². The molecule has 0 bridgehead atoms. The number of aromatic nitrogens is 3. The molecule has 0 saturated carbocycles. The highest BCUT2D eigenvalue weighted by Crippen LogP contribution is 2.35. The van der Waals surface area contributed by atoms with E-state index in [0.717, 1.165) is 16.6 Å². The Balaban J connectivity index is 2.50. The number of rotatable bonds is 1. The van der Waals surface area contributed by atoms with Crippen molar-refractivity contribution < 1.29 is 0 Å². The molecular formula is C14H12Cl2N4. The van der Waals surface area contributed by atoms with E-state index in [2.05, 4.69) is 9.97 Å². The summed E-state index contributed by atoms with van der Waals surface area (Å²) in [6.45, 7) is 3.97. The monoisotopic (exact) mass is 306 g/mol. The van der Waals surface area contributed by atoms with Gasteiger partial charge in [-0.15, -0.1) is 0 Å². The predicted octanol–water partition coefficient (Wildman–Crippen LogP) is 3.93. The SMILES string of the molecule is Cc1c(C)n(-c2c(Cl)cccc2Cl)c2ncnc(N)c12. The van der Waals surface area contributed by atoms with Crippen molar-refractivity contribution in [3.8, 4) is 5.69 Å². The zero-order valence-corrected chi connectivity index (χ0v) is 12.5. The van der Waals surface area contributed by atoms with Crippen LogP contribution in [0.15, 0.2) is 24.5 Å². The maximum Gasteiger partial charge on any atom is 0.150 e. The lowest BCUT2D eigenvalue weighted by atomic mass is 10.2. The van der Waals surface area contributed by atoms with Gasteiger partial charge in [0.2, 0.25) is 0 Å². The molecule has 0 aliphatic rings. The average Bonchev–Trinajstić information content (AvgIpc) is 2.65. The summed E-state index contributed by atoms with van der Waals surface area (Å²) in [5.41, 5.74) is 9.40. The van der Waals surface area contributed by atoms with Crippen molar-refractivity contribution in [2.24, 2.45) is 0 Å². The highest BCUT2D eigenvalue weighted by atomic mass is 35.5. The van der Waals surface area contributed by atoms with E-state index in [9.17, 15) is 0 Å². The standard InChI is InChI=1S/C14H12Cl2N4/c1-7-8(2)20(12-9(15)4-3-5-10(12)16)14-11(7)13(17)18-6-19-14/h3-6H,1-2H3,(H2,17,18,19). The fourth-order valence-electron chi connectivity index (χ4n) is 2.40. The number of nitrogens with zero attached hydrogens (tertiary/aromatic N) is 3. The lowest BCUT2D eigenvalue weighted by Gasteiger charge is -2.11. The van der Waals surface area contributed by atoms with Gasteiger partial charge in [0.15, 0.2) is 5.65 Å². The number of hydrogen-bond acceptors (Lipinski definition) is 3. The molecular weight excluding hydrogens is 295 g/mol. The van der Waals surface area contributed by atoms with E-state index in [0.29, 0.717) is 27.2 Å². The number of halogens is 2. The number of aryl methyl sites for hydroxylation is 1. The number of fused-ring (bicyclic) bond motifs is 1. The van der Waals surface area contributed by atoms with Crippen molar-refractivity contribution in [1.29, 1.82) is 0 Å². The molecule has 6 heteroatoms. The largest absolute Gasteiger partial charge is 0.383 e. The molecule has 2 N–H and O–H groups in total. The highest BCUT2D eigenvalue weighted by molar-refractivity contribution is 6.37. The minimum atomic E-state index is 0.456.